The zero-order chi connectivity index (χ0) is 22.0. The minimum Gasteiger partial charge on any atom is -0.497 e. The number of hydrogen-bond donors (Lipinski definition) is 0. The number of amides is 1. The van der Waals surface area contributed by atoms with Crippen LogP contribution in [-0.4, -0.2) is 45.8 Å². The minimum absolute atomic E-state index is 0.114. The van der Waals surface area contributed by atoms with Crippen LogP contribution in [0.3, 0.4) is 0 Å². The summed E-state index contributed by atoms with van der Waals surface area (Å²) in [6.07, 6.45) is 5.38. The van der Waals surface area contributed by atoms with E-state index in [-0.39, 0.29) is 5.91 Å². The quantitative estimate of drug-likeness (QED) is 0.570. The van der Waals surface area contributed by atoms with Crippen molar-refractivity contribution >= 4 is 17.2 Å². The molecular formula is C24H30N4O2S. The summed E-state index contributed by atoms with van der Waals surface area (Å²) < 4.78 is 7.15. The first-order chi connectivity index (χ1) is 15.0. The van der Waals surface area contributed by atoms with Gasteiger partial charge >= 0.3 is 0 Å². The number of likely N-dealkylation sites (tertiary alicyclic amines) is 1. The molecule has 1 saturated heterocycles. The van der Waals surface area contributed by atoms with Gasteiger partial charge in [0, 0.05) is 30.8 Å². The minimum atomic E-state index is 0.114. The van der Waals surface area contributed by atoms with E-state index < -0.39 is 0 Å². The lowest BCUT2D eigenvalue weighted by Crippen LogP contribution is -2.31. The van der Waals surface area contributed by atoms with Crippen LogP contribution in [0.1, 0.15) is 63.6 Å². The van der Waals surface area contributed by atoms with Gasteiger partial charge < -0.3 is 9.64 Å². The number of benzene rings is 1. The van der Waals surface area contributed by atoms with Crippen molar-refractivity contribution in [3.63, 3.8) is 0 Å². The molecule has 1 fully saturated rings. The Morgan fingerprint density at radius 1 is 1.03 bits per heavy atom. The molecule has 0 radical (unpaired) electrons. The Morgan fingerprint density at radius 3 is 2.35 bits per heavy atom. The average molecular weight is 439 g/mol. The number of hydrogen-bond acceptors (Lipinski definition) is 5. The zero-order valence-electron chi connectivity index (χ0n) is 18.8. The van der Waals surface area contributed by atoms with Crippen LogP contribution in [-0.2, 0) is 6.42 Å². The lowest BCUT2D eigenvalue weighted by Gasteiger charge is -2.19. The van der Waals surface area contributed by atoms with E-state index in [0.717, 1.165) is 65.2 Å². The van der Waals surface area contributed by atoms with E-state index in [1.54, 1.807) is 7.11 Å². The SMILES string of the molecule is COc1ccc(Cc2c(C)nn(-c3nc(C)c(C(=O)N4CCCCCC4)s3)c2C)cc1. The first kappa shape index (κ1) is 21.6. The van der Waals surface area contributed by atoms with Crippen molar-refractivity contribution < 1.29 is 9.53 Å². The molecular weight excluding hydrogens is 408 g/mol. The maximum absolute atomic E-state index is 13.1. The molecule has 6 nitrogen and oxygen atoms in total. The molecule has 0 bridgehead atoms. The molecule has 1 aromatic carbocycles. The van der Waals surface area contributed by atoms with Gasteiger partial charge in [-0.1, -0.05) is 36.3 Å². The van der Waals surface area contributed by atoms with Crippen LogP contribution in [0.25, 0.3) is 5.13 Å². The van der Waals surface area contributed by atoms with E-state index in [4.69, 9.17) is 14.8 Å². The van der Waals surface area contributed by atoms with Crippen LogP contribution in [0.5, 0.6) is 5.75 Å². The van der Waals surface area contributed by atoms with E-state index in [0.29, 0.717) is 0 Å². The number of carbonyl (C=O) groups excluding carboxylic acids is 1. The number of thiazole rings is 1. The normalized spacial score (nSPS) is 14.5. The third kappa shape index (κ3) is 4.51. The monoisotopic (exact) mass is 438 g/mol. The summed E-state index contributed by atoms with van der Waals surface area (Å²) in [5.74, 6) is 0.968. The number of ether oxygens (including phenoxy) is 1. The van der Waals surface area contributed by atoms with Gasteiger partial charge in [0.05, 0.1) is 18.5 Å². The number of carbonyl (C=O) groups is 1. The van der Waals surface area contributed by atoms with Crippen molar-refractivity contribution in [1.82, 2.24) is 19.7 Å². The fourth-order valence-corrected chi connectivity index (χ4v) is 5.19. The fourth-order valence-electron chi connectivity index (χ4n) is 4.15. The second kappa shape index (κ2) is 9.22. The van der Waals surface area contributed by atoms with E-state index in [1.807, 2.05) is 35.6 Å². The molecule has 0 unspecified atom stereocenters. The Balaban J connectivity index is 1.59. The zero-order valence-corrected chi connectivity index (χ0v) is 19.6. The summed E-state index contributed by atoms with van der Waals surface area (Å²) in [7, 11) is 1.68. The second-order valence-electron chi connectivity index (χ2n) is 8.20. The van der Waals surface area contributed by atoms with Crippen molar-refractivity contribution in [2.75, 3.05) is 20.2 Å². The summed E-state index contributed by atoms with van der Waals surface area (Å²) in [6.45, 7) is 7.72. The highest BCUT2D eigenvalue weighted by Gasteiger charge is 2.24. The largest absolute Gasteiger partial charge is 0.497 e. The van der Waals surface area contributed by atoms with E-state index in [9.17, 15) is 4.79 Å². The van der Waals surface area contributed by atoms with Crippen molar-refractivity contribution in [1.29, 1.82) is 0 Å². The van der Waals surface area contributed by atoms with Crippen LogP contribution in [0.4, 0.5) is 0 Å². The second-order valence-corrected chi connectivity index (χ2v) is 9.18. The molecule has 7 heteroatoms. The Bertz CT molecular complexity index is 1060. The molecule has 3 heterocycles. The van der Waals surface area contributed by atoms with Gasteiger partial charge in [-0.05, 0) is 51.3 Å². The van der Waals surface area contributed by atoms with Gasteiger partial charge in [0.1, 0.15) is 10.6 Å². The summed E-state index contributed by atoms with van der Waals surface area (Å²) in [5, 5.41) is 5.53. The topological polar surface area (TPSA) is 60.2 Å². The third-order valence-electron chi connectivity index (χ3n) is 6.04. The predicted molar refractivity (Wildman–Crippen MR) is 124 cm³/mol. The fraction of sp³-hybridized carbons (Fsp3) is 0.458. The molecule has 4 rings (SSSR count). The molecule has 3 aromatic rings. The maximum atomic E-state index is 13.1. The Morgan fingerprint density at radius 2 is 1.71 bits per heavy atom. The van der Waals surface area contributed by atoms with E-state index in [2.05, 4.69) is 19.1 Å². The molecule has 2 aromatic heterocycles. The molecule has 31 heavy (non-hydrogen) atoms. The van der Waals surface area contributed by atoms with Crippen molar-refractivity contribution in [3.05, 3.63) is 57.4 Å². The van der Waals surface area contributed by atoms with Crippen LogP contribution in [0, 0.1) is 20.8 Å². The van der Waals surface area contributed by atoms with Crippen LogP contribution in [0.2, 0.25) is 0 Å². The lowest BCUT2D eigenvalue weighted by molar-refractivity contribution is 0.0765. The van der Waals surface area contributed by atoms with Gasteiger partial charge in [-0.15, -0.1) is 0 Å². The Hall–Kier alpha value is -2.67. The summed E-state index contributed by atoms with van der Waals surface area (Å²) in [4.78, 5) is 20.6. The number of nitrogens with zero attached hydrogens (tertiary/aromatic N) is 4. The maximum Gasteiger partial charge on any atom is 0.265 e. The summed E-state index contributed by atoms with van der Waals surface area (Å²) in [6, 6.07) is 8.13. The van der Waals surface area contributed by atoms with Crippen LogP contribution in [0.15, 0.2) is 24.3 Å². The van der Waals surface area contributed by atoms with Crippen molar-refractivity contribution in [2.45, 2.75) is 52.9 Å². The van der Waals surface area contributed by atoms with Gasteiger partial charge in [0.2, 0.25) is 5.13 Å². The van der Waals surface area contributed by atoms with Crippen molar-refractivity contribution in [3.8, 4) is 10.9 Å². The highest BCUT2D eigenvalue weighted by molar-refractivity contribution is 7.16. The molecule has 0 saturated carbocycles. The molecule has 0 spiro atoms. The van der Waals surface area contributed by atoms with Gasteiger partial charge in [-0.3, -0.25) is 4.79 Å². The van der Waals surface area contributed by atoms with Gasteiger partial charge in [0.25, 0.3) is 5.91 Å². The first-order valence-electron chi connectivity index (χ1n) is 10.9. The van der Waals surface area contributed by atoms with E-state index in [1.165, 1.54) is 35.3 Å². The molecule has 1 amide bonds. The average Bonchev–Trinajstić information content (AvgIpc) is 3.14. The smallest absolute Gasteiger partial charge is 0.265 e. The van der Waals surface area contributed by atoms with Gasteiger partial charge in [-0.25, -0.2) is 9.67 Å². The molecule has 0 aliphatic carbocycles. The Kier molecular flexibility index (Phi) is 6.41. The van der Waals surface area contributed by atoms with Gasteiger partial charge in [0.15, 0.2) is 0 Å². The third-order valence-corrected chi connectivity index (χ3v) is 7.16. The van der Waals surface area contributed by atoms with E-state index >= 15 is 0 Å². The van der Waals surface area contributed by atoms with Crippen molar-refractivity contribution in [2.24, 2.45) is 0 Å². The number of rotatable bonds is 5. The standard InChI is InChI=1S/C24H30N4O2S/c1-16-21(15-19-9-11-20(30-4)12-10-19)18(3)28(26-16)24-25-17(2)22(31-24)23(29)27-13-7-5-6-8-14-27/h9-12H,5-8,13-15H2,1-4H3. The van der Waals surface area contributed by atoms with Crippen LogP contribution >= 0.6 is 11.3 Å². The lowest BCUT2D eigenvalue weighted by atomic mass is 10.0. The first-order valence-corrected chi connectivity index (χ1v) is 11.7. The predicted octanol–water partition coefficient (Wildman–Crippen LogP) is 4.87. The number of methoxy groups -OCH3 is 1. The molecule has 0 atom stereocenters. The van der Waals surface area contributed by atoms with Gasteiger partial charge in [-0.2, -0.15) is 5.10 Å². The number of aromatic nitrogens is 3. The number of aryl methyl sites for hydroxylation is 2. The van der Waals surface area contributed by atoms with Crippen LogP contribution < -0.4 is 4.74 Å². The molecule has 1 aliphatic rings. The molecule has 164 valence electrons. The molecule has 0 N–H and O–H groups in total. The molecule has 1 aliphatic heterocycles. The summed E-state index contributed by atoms with van der Waals surface area (Å²) in [5.41, 5.74) is 5.24. The highest BCUT2D eigenvalue weighted by Crippen LogP contribution is 2.28. The summed E-state index contributed by atoms with van der Waals surface area (Å²) >= 11 is 1.45. The Labute approximate surface area is 187 Å². The highest BCUT2D eigenvalue weighted by atomic mass is 32.1.